The maximum atomic E-state index is 13.9. The predicted molar refractivity (Wildman–Crippen MR) is 86.1 cm³/mol. The molecule has 0 bridgehead atoms. The molecule has 0 amide bonds. The fourth-order valence-corrected chi connectivity index (χ4v) is 2.94. The minimum atomic E-state index is -1.79. The highest BCUT2D eigenvalue weighted by molar-refractivity contribution is 6.70. The first-order chi connectivity index (χ1) is 9.40. The molecule has 1 heterocycles. The summed E-state index contributed by atoms with van der Waals surface area (Å²) in [4.78, 5) is 0. The molecule has 0 radical (unpaired) electrons. The van der Waals surface area contributed by atoms with Crippen molar-refractivity contribution in [3.63, 3.8) is 0 Å². The molecule has 0 unspecified atom stereocenters. The third-order valence-corrected chi connectivity index (χ3v) is 4.69. The number of rotatable bonds is 3. The number of benzene rings is 1. The van der Waals surface area contributed by atoms with Crippen LogP contribution in [0.5, 0.6) is 5.75 Å². The fraction of sp³-hybridized carbons (Fsp3) is 0.600. The van der Waals surface area contributed by atoms with Gasteiger partial charge in [-0.2, -0.15) is 0 Å². The molecule has 6 heteroatoms. The van der Waals surface area contributed by atoms with E-state index in [-0.39, 0.29) is 5.82 Å². The van der Waals surface area contributed by atoms with Crippen molar-refractivity contribution in [3.05, 3.63) is 24.0 Å². The van der Waals surface area contributed by atoms with Crippen LogP contribution in [0.2, 0.25) is 19.6 Å². The smallest absolute Gasteiger partial charge is 0.495 e. The van der Waals surface area contributed by atoms with Crippen LogP contribution in [0, 0.1) is 5.82 Å². The summed E-state index contributed by atoms with van der Waals surface area (Å²) in [5, 5.41) is 0. The van der Waals surface area contributed by atoms with Crippen LogP contribution in [0.4, 0.5) is 4.39 Å². The van der Waals surface area contributed by atoms with Gasteiger partial charge in [-0.1, -0.05) is 0 Å². The first kappa shape index (κ1) is 16.5. The maximum Gasteiger partial charge on any atom is 0.495 e. The van der Waals surface area contributed by atoms with E-state index in [1.54, 1.807) is 0 Å². The van der Waals surface area contributed by atoms with Gasteiger partial charge in [0.15, 0.2) is 0 Å². The normalized spacial score (nSPS) is 20.7. The summed E-state index contributed by atoms with van der Waals surface area (Å²) >= 11 is 0. The molecule has 0 spiro atoms. The quantitative estimate of drug-likeness (QED) is 0.802. The van der Waals surface area contributed by atoms with Gasteiger partial charge in [0, 0.05) is 6.07 Å². The fourth-order valence-electron chi connectivity index (χ4n) is 2.11. The van der Waals surface area contributed by atoms with E-state index in [0.29, 0.717) is 11.2 Å². The average Bonchev–Trinajstić information content (AvgIpc) is 2.44. The summed E-state index contributed by atoms with van der Waals surface area (Å²) in [6.45, 7) is 14.1. The Hall–Kier alpha value is -0.848. The molecule has 0 atom stereocenters. The Morgan fingerprint density at radius 2 is 1.52 bits per heavy atom. The zero-order valence-corrected chi connectivity index (χ0v) is 14.9. The van der Waals surface area contributed by atoms with Crippen molar-refractivity contribution in [1.29, 1.82) is 0 Å². The Labute approximate surface area is 128 Å². The van der Waals surface area contributed by atoms with Crippen LogP contribution in [0.3, 0.4) is 0 Å². The Morgan fingerprint density at radius 3 is 2.00 bits per heavy atom. The third kappa shape index (κ3) is 3.68. The van der Waals surface area contributed by atoms with Crippen LogP contribution < -0.4 is 9.89 Å². The molecule has 0 saturated carbocycles. The Kier molecular flexibility index (Phi) is 4.02. The van der Waals surface area contributed by atoms with E-state index in [4.69, 9.17) is 13.7 Å². The molecule has 21 heavy (non-hydrogen) atoms. The predicted octanol–water partition coefficient (Wildman–Crippen LogP) is 3.34. The van der Waals surface area contributed by atoms with E-state index in [1.165, 1.54) is 12.1 Å². The molecule has 0 N–H and O–H groups in total. The lowest BCUT2D eigenvalue weighted by Gasteiger charge is -2.32. The average molecular weight is 310 g/mol. The van der Waals surface area contributed by atoms with Gasteiger partial charge >= 0.3 is 7.12 Å². The zero-order chi connectivity index (χ0) is 16.1. The molecular weight excluding hydrogens is 286 g/mol. The Morgan fingerprint density at radius 1 is 1.00 bits per heavy atom. The summed E-state index contributed by atoms with van der Waals surface area (Å²) in [5.41, 5.74) is -0.227. The van der Waals surface area contributed by atoms with E-state index in [9.17, 15) is 4.39 Å². The first-order valence-electron chi connectivity index (χ1n) is 7.25. The standard InChI is InChI=1S/C15H24BFO3Si/c1-14(2)15(3,4)20-16(19-14)11-8-12(17)10-13(9-11)18-21(5,6)7/h8-10H,1-7H3. The van der Waals surface area contributed by atoms with Gasteiger partial charge in [-0.25, -0.2) is 4.39 Å². The molecule has 1 aliphatic heterocycles. The van der Waals surface area contributed by atoms with E-state index in [2.05, 4.69) is 19.6 Å². The molecule has 1 aromatic rings. The van der Waals surface area contributed by atoms with Crippen molar-refractivity contribution in [2.45, 2.75) is 58.5 Å². The highest BCUT2D eigenvalue weighted by Gasteiger charge is 2.51. The maximum absolute atomic E-state index is 13.9. The van der Waals surface area contributed by atoms with E-state index in [0.717, 1.165) is 0 Å². The van der Waals surface area contributed by atoms with Crippen LogP contribution >= 0.6 is 0 Å². The molecule has 1 aliphatic rings. The minimum Gasteiger partial charge on any atom is -0.544 e. The second-order valence-corrected chi connectivity index (χ2v) is 12.0. The monoisotopic (exact) mass is 310 g/mol. The van der Waals surface area contributed by atoms with Crippen molar-refractivity contribution in [2.24, 2.45) is 0 Å². The lowest BCUT2D eigenvalue weighted by Crippen LogP contribution is -2.41. The molecule has 116 valence electrons. The molecule has 3 nitrogen and oxygen atoms in total. The van der Waals surface area contributed by atoms with Crippen LogP contribution in [0.25, 0.3) is 0 Å². The highest BCUT2D eigenvalue weighted by atomic mass is 28.4. The van der Waals surface area contributed by atoms with Gasteiger partial charge in [-0.3, -0.25) is 0 Å². The molecule has 0 aliphatic carbocycles. The summed E-state index contributed by atoms with van der Waals surface area (Å²) in [7, 11) is -2.36. The van der Waals surface area contributed by atoms with E-state index < -0.39 is 26.6 Å². The van der Waals surface area contributed by atoms with Gasteiger partial charge in [0.05, 0.1) is 11.2 Å². The third-order valence-electron chi connectivity index (χ3n) is 3.84. The van der Waals surface area contributed by atoms with Crippen molar-refractivity contribution in [2.75, 3.05) is 0 Å². The van der Waals surface area contributed by atoms with Gasteiger partial charge in [-0.05, 0) is 64.9 Å². The molecule has 2 rings (SSSR count). The number of hydrogen-bond donors (Lipinski definition) is 0. The Balaban J connectivity index is 2.30. The molecular formula is C15H24BFO3Si. The van der Waals surface area contributed by atoms with Crippen molar-refractivity contribution in [3.8, 4) is 5.75 Å². The number of hydrogen-bond acceptors (Lipinski definition) is 3. The molecule has 0 aromatic heterocycles. The zero-order valence-electron chi connectivity index (χ0n) is 13.9. The second-order valence-electron chi connectivity index (χ2n) is 7.52. The largest absolute Gasteiger partial charge is 0.544 e. The topological polar surface area (TPSA) is 27.7 Å². The van der Waals surface area contributed by atoms with Gasteiger partial charge in [0.25, 0.3) is 0 Å². The van der Waals surface area contributed by atoms with Gasteiger partial charge < -0.3 is 13.7 Å². The summed E-state index contributed by atoms with van der Waals surface area (Å²) in [5.74, 6) is 0.203. The Bertz CT molecular complexity index is 524. The summed E-state index contributed by atoms with van der Waals surface area (Å²) in [6.07, 6.45) is 0. The second kappa shape index (κ2) is 5.11. The van der Waals surface area contributed by atoms with Crippen molar-refractivity contribution in [1.82, 2.24) is 0 Å². The van der Waals surface area contributed by atoms with Crippen LogP contribution in [-0.4, -0.2) is 26.6 Å². The van der Waals surface area contributed by atoms with Crippen molar-refractivity contribution < 1.29 is 18.1 Å². The van der Waals surface area contributed by atoms with Gasteiger partial charge in [-0.15, -0.1) is 0 Å². The highest BCUT2D eigenvalue weighted by Crippen LogP contribution is 2.36. The van der Waals surface area contributed by atoms with E-state index >= 15 is 0 Å². The van der Waals surface area contributed by atoms with Crippen molar-refractivity contribution >= 4 is 20.9 Å². The lowest BCUT2D eigenvalue weighted by atomic mass is 9.79. The molecule has 1 fully saturated rings. The molecule has 1 aromatic carbocycles. The lowest BCUT2D eigenvalue weighted by molar-refractivity contribution is 0.00578. The first-order valence-corrected chi connectivity index (χ1v) is 10.7. The SMILES string of the molecule is CC1(C)OB(c2cc(F)cc(O[Si](C)(C)C)c2)OC1(C)C. The van der Waals surface area contributed by atoms with Crippen LogP contribution in [0.15, 0.2) is 18.2 Å². The van der Waals surface area contributed by atoms with Crippen LogP contribution in [-0.2, 0) is 9.31 Å². The summed E-state index contributed by atoms with van der Waals surface area (Å²) < 4.78 is 31.7. The van der Waals surface area contributed by atoms with Gasteiger partial charge in [0.1, 0.15) is 11.6 Å². The van der Waals surface area contributed by atoms with Crippen LogP contribution in [0.1, 0.15) is 27.7 Å². The van der Waals surface area contributed by atoms with Gasteiger partial charge in [0.2, 0.25) is 8.32 Å². The minimum absolute atomic E-state index is 0.338. The summed E-state index contributed by atoms with van der Waals surface area (Å²) in [6, 6.07) is 4.66. The molecule has 1 saturated heterocycles. The number of halogens is 1. The van der Waals surface area contributed by atoms with E-state index in [1.807, 2.05) is 33.8 Å².